The summed E-state index contributed by atoms with van der Waals surface area (Å²) in [6, 6.07) is 9.73. The Balaban J connectivity index is 1.76. The SMILES string of the molecule is N#Cc1c(N)nc2c(c1-c1cc3n(n1)CCCNC3)CCc1c(O)cccc1-2. The van der Waals surface area contributed by atoms with E-state index in [4.69, 9.17) is 10.8 Å². The van der Waals surface area contributed by atoms with Gasteiger partial charge in [0.2, 0.25) is 0 Å². The largest absolute Gasteiger partial charge is 0.508 e. The molecule has 0 amide bonds. The number of hydrogen-bond acceptors (Lipinski definition) is 6. The first-order valence-corrected chi connectivity index (χ1v) is 9.49. The van der Waals surface area contributed by atoms with Crippen LogP contribution in [0.2, 0.25) is 0 Å². The number of aromatic nitrogens is 3. The molecule has 3 heterocycles. The van der Waals surface area contributed by atoms with E-state index in [9.17, 15) is 10.4 Å². The normalized spacial score (nSPS) is 15.1. The Bertz CT molecular complexity index is 1120. The molecule has 0 saturated carbocycles. The summed E-state index contributed by atoms with van der Waals surface area (Å²) in [5.74, 6) is 0.475. The highest BCUT2D eigenvalue weighted by Crippen LogP contribution is 2.42. The minimum atomic E-state index is 0.203. The fourth-order valence-electron chi connectivity index (χ4n) is 4.30. The van der Waals surface area contributed by atoms with Gasteiger partial charge in [0.1, 0.15) is 23.2 Å². The number of nitrogens with two attached hydrogens (primary N) is 1. The van der Waals surface area contributed by atoms with Crippen molar-refractivity contribution in [1.29, 1.82) is 5.26 Å². The van der Waals surface area contributed by atoms with Gasteiger partial charge in [0.25, 0.3) is 0 Å². The van der Waals surface area contributed by atoms with Gasteiger partial charge in [0.05, 0.1) is 17.1 Å². The van der Waals surface area contributed by atoms with E-state index in [-0.39, 0.29) is 11.6 Å². The average Bonchev–Trinajstić information content (AvgIpc) is 2.97. The van der Waals surface area contributed by atoms with E-state index in [1.807, 2.05) is 22.9 Å². The van der Waals surface area contributed by atoms with Gasteiger partial charge in [-0.2, -0.15) is 10.4 Å². The average molecular weight is 372 g/mol. The van der Waals surface area contributed by atoms with Crippen molar-refractivity contribution in [3.8, 4) is 34.3 Å². The van der Waals surface area contributed by atoms with E-state index in [2.05, 4.69) is 16.4 Å². The third kappa shape index (κ3) is 2.46. The van der Waals surface area contributed by atoms with E-state index < -0.39 is 0 Å². The summed E-state index contributed by atoms with van der Waals surface area (Å²) in [5, 5.41) is 28.2. The monoisotopic (exact) mass is 372 g/mol. The highest BCUT2D eigenvalue weighted by Gasteiger charge is 2.28. The van der Waals surface area contributed by atoms with Gasteiger partial charge >= 0.3 is 0 Å². The fraction of sp³-hybridized carbons (Fsp3) is 0.286. The maximum atomic E-state index is 10.2. The van der Waals surface area contributed by atoms with Gasteiger partial charge in [-0.25, -0.2) is 4.98 Å². The second-order valence-electron chi connectivity index (χ2n) is 7.26. The number of aryl methyl sites for hydroxylation is 1. The number of fused-ring (bicyclic) bond motifs is 4. The minimum Gasteiger partial charge on any atom is -0.508 e. The molecule has 3 aromatic rings. The number of pyridine rings is 1. The summed E-state index contributed by atoms with van der Waals surface area (Å²) < 4.78 is 2.02. The molecular weight excluding hydrogens is 352 g/mol. The van der Waals surface area contributed by atoms with Crippen molar-refractivity contribution in [1.82, 2.24) is 20.1 Å². The van der Waals surface area contributed by atoms with Gasteiger partial charge in [0, 0.05) is 29.8 Å². The van der Waals surface area contributed by atoms with Crippen LogP contribution in [0.5, 0.6) is 5.75 Å². The molecule has 0 radical (unpaired) electrons. The topological polar surface area (TPSA) is 113 Å². The number of nitrogens with zero attached hydrogens (tertiary/aromatic N) is 4. The van der Waals surface area contributed by atoms with E-state index in [1.54, 1.807) is 6.07 Å². The number of nitrogen functional groups attached to an aromatic ring is 1. The van der Waals surface area contributed by atoms with Crippen LogP contribution >= 0.6 is 0 Å². The number of aromatic hydroxyl groups is 1. The van der Waals surface area contributed by atoms with Gasteiger partial charge in [-0.05, 0) is 43.5 Å². The van der Waals surface area contributed by atoms with Gasteiger partial charge in [-0.15, -0.1) is 0 Å². The lowest BCUT2D eigenvalue weighted by atomic mass is 9.84. The first-order chi connectivity index (χ1) is 13.7. The number of phenolic OH excluding ortho intramolecular Hbond substituents is 1. The molecule has 0 spiro atoms. The zero-order chi connectivity index (χ0) is 19.3. The zero-order valence-electron chi connectivity index (χ0n) is 15.4. The maximum Gasteiger partial charge on any atom is 0.142 e. The second kappa shape index (κ2) is 6.36. The quantitative estimate of drug-likeness (QED) is 0.604. The van der Waals surface area contributed by atoms with Crippen LogP contribution in [0.15, 0.2) is 24.3 Å². The van der Waals surface area contributed by atoms with Crippen LogP contribution in [-0.4, -0.2) is 26.4 Å². The first-order valence-electron chi connectivity index (χ1n) is 9.49. The van der Waals surface area contributed by atoms with Gasteiger partial charge in [-0.1, -0.05) is 12.1 Å². The Hall–Kier alpha value is -3.37. The molecule has 28 heavy (non-hydrogen) atoms. The van der Waals surface area contributed by atoms with Gasteiger partial charge in [0.15, 0.2) is 0 Å². The molecule has 0 saturated heterocycles. The molecule has 140 valence electrons. The smallest absolute Gasteiger partial charge is 0.142 e. The van der Waals surface area contributed by atoms with Crippen LogP contribution in [0, 0.1) is 11.3 Å². The lowest BCUT2D eigenvalue weighted by molar-refractivity contribution is 0.468. The molecule has 7 heteroatoms. The van der Waals surface area contributed by atoms with Gasteiger partial charge < -0.3 is 16.2 Å². The first kappa shape index (κ1) is 16.8. The summed E-state index contributed by atoms with van der Waals surface area (Å²) in [6.45, 7) is 2.58. The minimum absolute atomic E-state index is 0.203. The summed E-state index contributed by atoms with van der Waals surface area (Å²) in [4.78, 5) is 4.55. The zero-order valence-corrected chi connectivity index (χ0v) is 15.4. The summed E-state index contributed by atoms with van der Waals surface area (Å²) in [6.07, 6.45) is 2.38. The van der Waals surface area contributed by atoms with Crippen molar-refractivity contribution < 1.29 is 5.11 Å². The van der Waals surface area contributed by atoms with Crippen LogP contribution < -0.4 is 11.1 Å². The van der Waals surface area contributed by atoms with E-state index in [1.165, 1.54) is 0 Å². The van der Waals surface area contributed by atoms with Crippen molar-refractivity contribution in [3.05, 3.63) is 46.6 Å². The number of phenols is 1. The van der Waals surface area contributed by atoms with Crippen LogP contribution in [0.1, 0.15) is 28.8 Å². The molecule has 2 aliphatic rings. The molecule has 5 rings (SSSR count). The Morgan fingerprint density at radius 1 is 1.25 bits per heavy atom. The molecular formula is C21H20N6O. The number of anilines is 1. The van der Waals surface area contributed by atoms with Crippen molar-refractivity contribution in [2.24, 2.45) is 0 Å². The highest BCUT2D eigenvalue weighted by atomic mass is 16.3. The van der Waals surface area contributed by atoms with Crippen LogP contribution in [-0.2, 0) is 25.9 Å². The van der Waals surface area contributed by atoms with Crippen LogP contribution in [0.25, 0.3) is 22.5 Å². The standard InChI is InChI=1S/C21H20N6O/c22-10-16-19(17-9-12-11-24-7-2-8-27(12)26-17)15-6-5-13-14(3-1-4-18(13)28)20(15)25-21(16)23/h1,3-4,9,24,28H,2,5-8,11H2,(H2,23,25). The van der Waals surface area contributed by atoms with E-state index >= 15 is 0 Å². The Morgan fingerprint density at radius 2 is 2.11 bits per heavy atom. The van der Waals surface area contributed by atoms with Crippen molar-refractivity contribution in [2.45, 2.75) is 32.4 Å². The molecule has 1 aromatic carbocycles. The number of nitriles is 1. The lowest BCUT2D eigenvalue weighted by Gasteiger charge is -2.23. The summed E-state index contributed by atoms with van der Waals surface area (Å²) in [7, 11) is 0. The fourth-order valence-corrected chi connectivity index (χ4v) is 4.30. The molecule has 1 aliphatic carbocycles. The third-order valence-electron chi connectivity index (χ3n) is 5.62. The Labute approximate surface area is 162 Å². The number of benzene rings is 1. The summed E-state index contributed by atoms with van der Waals surface area (Å²) in [5.41, 5.74) is 12.7. The molecule has 0 fully saturated rings. The molecule has 2 aromatic heterocycles. The maximum absolute atomic E-state index is 10.2. The third-order valence-corrected chi connectivity index (χ3v) is 5.62. The number of hydrogen-bond donors (Lipinski definition) is 3. The van der Waals surface area contributed by atoms with Crippen molar-refractivity contribution >= 4 is 5.82 Å². The van der Waals surface area contributed by atoms with E-state index in [0.29, 0.717) is 18.4 Å². The van der Waals surface area contributed by atoms with Crippen molar-refractivity contribution in [2.75, 3.05) is 12.3 Å². The Morgan fingerprint density at radius 3 is 2.96 bits per heavy atom. The molecule has 0 bridgehead atoms. The molecule has 0 unspecified atom stereocenters. The van der Waals surface area contributed by atoms with Crippen LogP contribution in [0.3, 0.4) is 0 Å². The van der Waals surface area contributed by atoms with Gasteiger partial charge in [-0.3, -0.25) is 4.68 Å². The number of nitrogens with one attached hydrogen (secondary N) is 1. The Kier molecular flexibility index (Phi) is 3.81. The summed E-state index contributed by atoms with van der Waals surface area (Å²) >= 11 is 0. The number of rotatable bonds is 1. The molecule has 4 N–H and O–H groups in total. The second-order valence-corrected chi connectivity index (χ2v) is 7.26. The molecule has 0 atom stereocenters. The molecule has 1 aliphatic heterocycles. The van der Waals surface area contributed by atoms with E-state index in [0.717, 1.165) is 65.4 Å². The van der Waals surface area contributed by atoms with Crippen molar-refractivity contribution in [3.63, 3.8) is 0 Å². The lowest BCUT2D eigenvalue weighted by Crippen LogP contribution is -2.12. The molecule has 7 nitrogen and oxygen atoms in total. The highest BCUT2D eigenvalue weighted by molar-refractivity contribution is 5.85. The predicted octanol–water partition coefficient (Wildman–Crippen LogP) is 2.36. The van der Waals surface area contributed by atoms with Crippen LogP contribution in [0.4, 0.5) is 5.82 Å². The predicted molar refractivity (Wildman–Crippen MR) is 105 cm³/mol.